The molecule has 1 amide bonds. The van der Waals surface area contributed by atoms with Crippen LogP contribution in [0.25, 0.3) is 11.4 Å². The lowest BCUT2D eigenvalue weighted by molar-refractivity contribution is -0.261. The highest BCUT2D eigenvalue weighted by atomic mass is 19.4. The molecule has 12 heteroatoms. The number of hydrogen-bond donors (Lipinski definition) is 2. The number of carbonyl (C=O) groups is 1. The van der Waals surface area contributed by atoms with Crippen molar-refractivity contribution in [1.29, 1.82) is 0 Å². The number of hydrogen-bond acceptors (Lipinski definition) is 7. The maximum absolute atomic E-state index is 13.4. The van der Waals surface area contributed by atoms with E-state index in [9.17, 15) is 23.1 Å². The first-order valence-corrected chi connectivity index (χ1v) is 10.3. The number of fused-ring (bicyclic) bond motifs is 1. The van der Waals surface area contributed by atoms with Crippen LogP contribution in [-0.4, -0.2) is 54.4 Å². The van der Waals surface area contributed by atoms with Gasteiger partial charge in [-0.3, -0.25) is 4.79 Å². The van der Waals surface area contributed by atoms with E-state index in [-0.39, 0.29) is 30.3 Å². The highest BCUT2D eigenvalue weighted by Crippen LogP contribution is 2.44. The number of rotatable bonds is 4. The molecule has 176 valence electrons. The summed E-state index contributed by atoms with van der Waals surface area (Å²) in [5, 5.41) is 27.4. The summed E-state index contributed by atoms with van der Waals surface area (Å²) >= 11 is 0. The summed E-state index contributed by atoms with van der Waals surface area (Å²) in [5.41, 5.74) is -2.95. The summed E-state index contributed by atoms with van der Waals surface area (Å²) in [6.45, 7) is 6.01. The molecule has 0 bridgehead atoms. The van der Waals surface area contributed by atoms with Crippen molar-refractivity contribution in [3.8, 4) is 11.4 Å². The monoisotopic (exact) mass is 464 g/mol. The Morgan fingerprint density at radius 1 is 1.21 bits per heavy atom. The van der Waals surface area contributed by atoms with Gasteiger partial charge in [-0.05, 0) is 31.5 Å². The zero-order valence-corrected chi connectivity index (χ0v) is 18.4. The lowest BCUT2D eigenvalue weighted by Crippen LogP contribution is -2.47. The number of carbonyl (C=O) groups excluding carboxylic acids is 1. The van der Waals surface area contributed by atoms with Gasteiger partial charge in [-0.2, -0.15) is 18.4 Å². The number of amides is 1. The molecule has 4 rings (SSSR count). The minimum atomic E-state index is -4.92. The number of halogens is 3. The van der Waals surface area contributed by atoms with Crippen LogP contribution in [0.5, 0.6) is 0 Å². The Kier molecular flexibility index (Phi) is 5.31. The van der Waals surface area contributed by atoms with Crippen molar-refractivity contribution in [2.45, 2.75) is 57.3 Å². The van der Waals surface area contributed by atoms with Crippen LogP contribution >= 0.6 is 0 Å². The molecule has 0 unspecified atom stereocenters. The second-order valence-corrected chi connectivity index (χ2v) is 8.96. The van der Waals surface area contributed by atoms with Gasteiger partial charge in [-0.1, -0.05) is 36.3 Å². The van der Waals surface area contributed by atoms with Crippen LogP contribution in [0.15, 0.2) is 28.8 Å². The third kappa shape index (κ3) is 3.77. The molecule has 1 aliphatic heterocycles. The maximum Gasteiger partial charge on any atom is 0.422 e. The predicted octanol–water partition coefficient (Wildman–Crippen LogP) is 3.05. The minimum absolute atomic E-state index is 0.0379. The lowest BCUT2D eigenvalue weighted by atomic mass is 9.81. The van der Waals surface area contributed by atoms with Crippen LogP contribution in [0.3, 0.4) is 0 Å². The zero-order chi connectivity index (χ0) is 24.2. The van der Waals surface area contributed by atoms with E-state index in [1.807, 2.05) is 0 Å². The number of tetrazole rings is 1. The van der Waals surface area contributed by atoms with Crippen LogP contribution in [0.2, 0.25) is 0 Å². The molecule has 33 heavy (non-hydrogen) atoms. The number of nitrogens with zero attached hydrogens (tertiary/aromatic N) is 5. The number of benzene rings is 1. The first-order valence-electron chi connectivity index (χ1n) is 10.3. The summed E-state index contributed by atoms with van der Waals surface area (Å²) in [6, 6.07) is 7.17. The van der Waals surface area contributed by atoms with E-state index in [0.717, 1.165) is 11.1 Å². The van der Waals surface area contributed by atoms with Crippen molar-refractivity contribution >= 4 is 5.91 Å². The van der Waals surface area contributed by atoms with Gasteiger partial charge in [0.25, 0.3) is 0 Å². The van der Waals surface area contributed by atoms with E-state index in [0.29, 0.717) is 12.7 Å². The molecule has 0 saturated heterocycles. The highest BCUT2D eigenvalue weighted by Gasteiger charge is 2.55. The van der Waals surface area contributed by atoms with E-state index in [4.69, 9.17) is 4.52 Å². The molecular formula is C21H23F3N6O3. The molecule has 2 aromatic heterocycles. The number of aliphatic hydroxyl groups is 1. The molecule has 0 aliphatic carbocycles. The van der Waals surface area contributed by atoms with Gasteiger partial charge in [0.1, 0.15) is 5.69 Å². The zero-order valence-electron chi connectivity index (χ0n) is 18.4. The maximum atomic E-state index is 13.4. The fraction of sp³-hybridized carbons (Fsp3) is 0.476. The first-order chi connectivity index (χ1) is 15.3. The summed E-state index contributed by atoms with van der Waals surface area (Å²) in [7, 11) is 0. The smallest absolute Gasteiger partial charge is 0.375 e. The number of aromatic amines is 1. The van der Waals surface area contributed by atoms with E-state index in [1.54, 1.807) is 45.0 Å². The van der Waals surface area contributed by atoms with Gasteiger partial charge in [-0.25, -0.2) is 0 Å². The second-order valence-electron chi connectivity index (χ2n) is 8.96. The third-order valence-corrected chi connectivity index (χ3v) is 6.17. The highest BCUT2D eigenvalue weighted by molar-refractivity contribution is 5.87. The summed E-state index contributed by atoms with van der Waals surface area (Å²) in [6.07, 6.45) is -4.92. The molecule has 2 atom stereocenters. The number of H-pyrrole nitrogens is 1. The molecule has 0 fully saturated rings. The Bertz CT molecular complexity index is 1150. The molecule has 3 aromatic rings. The predicted molar refractivity (Wildman–Crippen MR) is 109 cm³/mol. The molecule has 0 spiro atoms. The van der Waals surface area contributed by atoms with Crippen molar-refractivity contribution in [1.82, 2.24) is 30.7 Å². The molecule has 1 aromatic carbocycles. The molecule has 3 heterocycles. The summed E-state index contributed by atoms with van der Waals surface area (Å²) in [5.74, 6) is -0.152. The molecule has 0 radical (unpaired) electrons. The molecule has 1 aliphatic rings. The number of aromatic nitrogens is 5. The Hall–Kier alpha value is -3.28. The Morgan fingerprint density at radius 3 is 2.45 bits per heavy atom. The van der Waals surface area contributed by atoms with Crippen LogP contribution in [-0.2, 0) is 22.4 Å². The van der Waals surface area contributed by atoms with Gasteiger partial charge in [0.2, 0.25) is 17.3 Å². The number of nitrogens with one attached hydrogen (secondary N) is 1. The normalized spacial score (nSPS) is 18.7. The minimum Gasteiger partial charge on any atom is -0.375 e. The van der Waals surface area contributed by atoms with Crippen molar-refractivity contribution in [3.05, 3.63) is 46.8 Å². The molecular weight excluding hydrogens is 441 g/mol. The molecule has 9 nitrogen and oxygen atoms in total. The van der Waals surface area contributed by atoms with Crippen LogP contribution in [0.1, 0.15) is 56.2 Å². The van der Waals surface area contributed by atoms with E-state index < -0.39 is 28.8 Å². The lowest BCUT2D eigenvalue weighted by Gasteiger charge is -2.37. The van der Waals surface area contributed by atoms with Crippen molar-refractivity contribution in [2.75, 3.05) is 6.54 Å². The van der Waals surface area contributed by atoms with Crippen molar-refractivity contribution < 1.29 is 27.6 Å². The Balaban J connectivity index is 1.58. The Labute approximate surface area is 187 Å². The largest absolute Gasteiger partial charge is 0.422 e. The fourth-order valence-corrected chi connectivity index (χ4v) is 4.09. The van der Waals surface area contributed by atoms with E-state index in [1.165, 1.54) is 4.90 Å². The van der Waals surface area contributed by atoms with Crippen molar-refractivity contribution in [2.24, 2.45) is 0 Å². The van der Waals surface area contributed by atoms with E-state index >= 15 is 0 Å². The van der Waals surface area contributed by atoms with Gasteiger partial charge in [0, 0.05) is 23.6 Å². The van der Waals surface area contributed by atoms with Gasteiger partial charge in [0.15, 0.2) is 5.76 Å². The fourth-order valence-electron chi connectivity index (χ4n) is 4.09. The quantitative estimate of drug-likeness (QED) is 0.609. The summed E-state index contributed by atoms with van der Waals surface area (Å²) < 4.78 is 45.2. The topological polar surface area (TPSA) is 121 Å². The SMILES string of the molecule is C[C@H]1CN(C(=O)C(C)(C)c2ccc(-c3nn[nH]n3)cc2)Cc2onc([C@@](C)(O)C(F)(F)F)c21. The standard InChI is InChI=1S/C21H23F3N6O3/c1-11-9-30(10-14-15(11)16(27-33-14)20(4,32)21(22,23)24)18(31)19(2,3)13-7-5-12(6-8-13)17-25-28-29-26-17/h5-8,11,32H,9-10H2,1-4H3,(H,25,26,28,29)/t11-,20+/m0/s1. The van der Waals surface area contributed by atoms with Crippen LogP contribution in [0.4, 0.5) is 13.2 Å². The summed E-state index contributed by atoms with van der Waals surface area (Å²) in [4.78, 5) is 15.0. The van der Waals surface area contributed by atoms with Crippen molar-refractivity contribution in [3.63, 3.8) is 0 Å². The van der Waals surface area contributed by atoms with Gasteiger partial charge in [0.05, 0.1) is 12.0 Å². The first kappa shape index (κ1) is 22.9. The van der Waals surface area contributed by atoms with Crippen LogP contribution in [0, 0.1) is 0 Å². The van der Waals surface area contributed by atoms with Gasteiger partial charge in [-0.15, -0.1) is 10.2 Å². The van der Waals surface area contributed by atoms with Crippen LogP contribution < -0.4 is 0 Å². The average molecular weight is 464 g/mol. The average Bonchev–Trinajstić information content (AvgIpc) is 3.43. The molecule has 2 N–H and O–H groups in total. The number of alkyl halides is 3. The Morgan fingerprint density at radius 2 is 1.88 bits per heavy atom. The third-order valence-electron chi connectivity index (χ3n) is 6.17. The molecule has 0 saturated carbocycles. The van der Waals surface area contributed by atoms with E-state index in [2.05, 4.69) is 25.8 Å². The van der Waals surface area contributed by atoms with Gasteiger partial charge >= 0.3 is 6.18 Å². The van der Waals surface area contributed by atoms with Gasteiger partial charge < -0.3 is 14.5 Å². The second kappa shape index (κ2) is 7.65.